The second-order valence-electron chi connectivity index (χ2n) is 9.76. The summed E-state index contributed by atoms with van der Waals surface area (Å²) in [5.41, 5.74) is 6.82. The van der Waals surface area contributed by atoms with Gasteiger partial charge < -0.3 is 20.3 Å². The lowest BCUT2D eigenvalue weighted by atomic mass is 9.99. The minimum atomic E-state index is 0.209. The molecule has 3 N–H and O–H groups in total. The zero-order valence-electron chi connectivity index (χ0n) is 22.1. The van der Waals surface area contributed by atoms with Crippen LogP contribution in [0.3, 0.4) is 0 Å². The minimum Gasteiger partial charge on any atom is -0.507 e. The molecule has 0 aliphatic carbocycles. The van der Waals surface area contributed by atoms with Crippen molar-refractivity contribution in [2.24, 2.45) is 5.92 Å². The first-order valence-electron chi connectivity index (χ1n) is 12.7. The molecule has 0 amide bonds. The normalized spacial score (nSPS) is 15.8. The van der Waals surface area contributed by atoms with Gasteiger partial charge in [-0.2, -0.15) is 0 Å². The molecule has 1 saturated heterocycles. The molecule has 1 fully saturated rings. The van der Waals surface area contributed by atoms with Gasteiger partial charge in [0.15, 0.2) is 0 Å². The van der Waals surface area contributed by atoms with E-state index in [9.17, 15) is 5.11 Å². The van der Waals surface area contributed by atoms with Crippen molar-refractivity contribution in [2.45, 2.75) is 53.6 Å². The fourth-order valence-electron chi connectivity index (χ4n) is 4.52. The lowest BCUT2D eigenvalue weighted by Crippen LogP contribution is -2.36. The summed E-state index contributed by atoms with van der Waals surface area (Å²) in [6, 6.07) is 13.9. The summed E-state index contributed by atoms with van der Waals surface area (Å²) < 4.78 is 2.23. The number of aromatic hydroxyl groups is 1. The molecule has 2 heterocycles. The van der Waals surface area contributed by atoms with E-state index in [1.54, 1.807) is 6.07 Å². The molecule has 0 spiro atoms. The van der Waals surface area contributed by atoms with E-state index in [1.165, 1.54) is 29.5 Å². The summed E-state index contributed by atoms with van der Waals surface area (Å²) in [4.78, 5) is 0. The lowest BCUT2D eigenvalue weighted by Gasteiger charge is -2.24. The first-order chi connectivity index (χ1) is 17.2. The van der Waals surface area contributed by atoms with Crippen LogP contribution in [0.4, 0.5) is 0 Å². The Hall–Kier alpha value is -2.95. The molecule has 1 aliphatic heterocycles. The molecule has 5 heteroatoms. The van der Waals surface area contributed by atoms with Crippen molar-refractivity contribution in [3.63, 3.8) is 0 Å². The van der Waals surface area contributed by atoms with Gasteiger partial charge in [-0.15, -0.1) is 0 Å². The highest BCUT2D eigenvalue weighted by Crippen LogP contribution is 2.31. The predicted octanol–water partition coefficient (Wildman–Crippen LogP) is 5.65. The van der Waals surface area contributed by atoms with Gasteiger partial charge in [0, 0.05) is 34.7 Å². The Morgan fingerprint density at radius 1 is 1.19 bits per heavy atom. The van der Waals surface area contributed by atoms with Gasteiger partial charge in [0.2, 0.25) is 0 Å². The number of phenols is 1. The fourth-order valence-corrected chi connectivity index (χ4v) is 4.68. The summed E-state index contributed by atoms with van der Waals surface area (Å²) >= 11 is 5.97. The second-order valence-corrected chi connectivity index (χ2v) is 10.2. The van der Waals surface area contributed by atoms with Crippen LogP contribution >= 0.6 is 11.6 Å². The van der Waals surface area contributed by atoms with Crippen molar-refractivity contribution in [3.05, 3.63) is 87.0 Å². The Labute approximate surface area is 221 Å². The molecule has 192 valence electrons. The van der Waals surface area contributed by atoms with Crippen LogP contribution in [0.1, 0.15) is 43.4 Å². The number of nitrogens with one attached hydrogen (secondary N) is 2. The van der Waals surface area contributed by atoms with Gasteiger partial charge in [-0.25, -0.2) is 0 Å². The van der Waals surface area contributed by atoms with Gasteiger partial charge >= 0.3 is 0 Å². The van der Waals surface area contributed by atoms with Crippen LogP contribution in [0.5, 0.6) is 5.75 Å². The van der Waals surface area contributed by atoms with Gasteiger partial charge in [-0.3, -0.25) is 0 Å². The third kappa shape index (κ3) is 7.28. The highest BCUT2D eigenvalue weighted by molar-refractivity contribution is 6.30. The van der Waals surface area contributed by atoms with E-state index in [0.717, 1.165) is 53.7 Å². The number of rotatable bonds is 6. The van der Waals surface area contributed by atoms with Crippen LogP contribution in [0.2, 0.25) is 5.02 Å². The maximum Gasteiger partial charge on any atom is 0.126 e. The standard InChI is InChI=1S/C19H23ClN2O.C12H17N/c1-3-15-9-18(17-7-6-16(20)10-19(17)23)22(13(15)2)12-14-5-4-8-21-11-14;1-9(2)13-8-12-6-5-10(3)11(4)7-12/h3,6-7,9-10,14,21,23H,2,4-5,8,11-12H2,1H3;5-7,13H,1,8H2,2-4H3/b15-3-;/t14-;/m1./s1. The molecule has 4 rings (SSSR count). The number of aryl methyl sites for hydroxylation is 2. The van der Waals surface area contributed by atoms with E-state index in [0.29, 0.717) is 10.9 Å². The fraction of sp³-hybridized carbons (Fsp3) is 0.355. The highest BCUT2D eigenvalue weighted by Gasteiger charge is 2.17. The molecule has 0 saturated carbocycles. The number of phenolic OH excluding ortho intramolecular Hbond substituents is 1. The molecule has 1 aliphatic rings. The van der Waals surface area contributed by atoms with Crippen molar-refractivity contribution in [3.8, 4) is 17.0 Å². The molecule has 36 heavy (non-hydrogen) atoms. The Bertz CT molecular complexity index is 1300. The Morgan fingerprint density at radius 3 is 2.58 bits per heavy atom. The van der Waals surface area contributed by atoms with Crippen molar-refractivity contribution in [2.75, 3.05) is 13.1 Å². The molecule has 0 unspecified atom stereocenters. The molecular weight excluding hydrogens is 466 g/mol. The summed E-state index contributed by atoms with van der Waals surface area (Å²) in [5.74, 6) is 0.801. The molecule has 0 radical (unpaired) electrons. The molecule has 1 atom stereocenters. The molecule has 1 aromatic heterocycles. The Morgan fingerprint density at radius 2 is 1.97 bits per heavy atom. The largest absolute Gasteiger partial charge is 0.507 e. The quantitative estimate of drug-likeness (QED) is 0.405. The minimum absolute atomic E-state index is 0.209. The summed E-state index contributed by atoms with van der Waals surface area (Å²) in [7, 11) is 0. The van der Waals surface area contributed by atoms with E-state index in [-0.39, 0.29) is 5.75 Å². The molecular formula is C31H40ClN3O. The number of hydrogen-bond acceptors (Lipinski definition) is 3. The third-order valence-electron chi connectivity index (χ3n) is 6.79. The Kier molecular flexibility index (Phi) is 9.86. The van der Waals surface area contributed by atoms with Crippen molar-refractivity contribution in [1.29, 1.82) is 0 Å². The Balaban J connectivity index is 0.000000236. The summed E-state index contributed by atoms with van der Waals surface area (Å²) in [6.07, 6.45) is 4.50. The average molecular weight is 506 g/mol. The summed E-state index contributed by atoms with van der Waals surface area (Å²) in [5, 5.41) is 19.6. The van der Waals surface area contributed by atoms with Gasteiger partial charge in [-0.05, 0) is 106 Å². The van der Waals surface area contributed by atoms with Gasteiger partial charge in [0.25, 0.3) is 0 Å². The zero-order chi connectivity index (χ0) is 26.2. The van der Waals surface area contributed by atoms with Crippen LogP contribution in [0, 0.1) is 19.8 Å². The average Bonchev–Trinajstić information content (AvgIpc) is 3.16. The second kappa shape index (κ2) is 12.8. The van der Waals surface area contributed by atoms with E-state index < -0.39 is 0 Å². The van der Waals surface area contributed by atoms with Crippen LogP contribution < -0.4 is 21.2 Å². The van der Waals surface area contributed by atoms with Gasteiger partial charge in [0.1, 0.15) is 5.75 Å². The third-order valence-corrected chi connectivity index (χ3v) is 7.03. The van der Waals surface area contributed by atoms with Gasteiger partial charge in [-0.1, -0.05) is 49.0 Å². The predicted molar refractivity (Wildman–Crippen MR) is 155 cm³/mol. The van der Waals surface area contributed by atoms with Crippen molar-refractivity contribution >= 4 is 24.3 Å². The summed E-state index contributed by atoms with van der Waals surface area (Å²) in [6.45, 7) is 20.2. The molecule has 2 aromatic carbocycles. The van der Waals surface area contributed by atoms with E-state index in [4.69, 9.17) is 11.6 Å². The van der Waals surface area contributed by atoms with Crippen molar-refractivity contribution < 1.29 is 5.11 Å². The lowest BCUT2D eigenvalue weighted by molar-refractivity contribution is 0.336. The number of halogens is 1. The van der Waals surface area contributed by atoms with Crippen LogP contribution in [-0.4, -0.2) is 22.8 Å². The number of hydrogen-bond donors (Lipinski definition) is 3. The first-order valence-corrected chi connectivity index (χ1v) is 13.1. The zero-order valence-corrected chi connectivity index (χ0v) is 22.9. The van der Waals surface area contributed by atoms with Crippen molar-refractivity contribution in [1.82, 2.24) is 15.2 Å². The monoisotopic (exact) mass is 505 g/mol. The number of aromatic nitrogens is 1. The first kappa shape index (κ1) is 27.6. The van der Waals surface area contributed by atoms with Crippen LogP contribution in [0.15, 0.2) is 54.7 Å². The van der Waals surface area contributed by atoms with Crippen LogP contribution in [0.25, 0.3) is 23.9 Å². The number of benzene rings is 2. The molecule has 4 nitrogen and oxygen atoms in total. The smallest absolute Gasteiger partial charge is 0.126 e. The maximum absolute atomic E-state index is 10.3. The van der Waals surface area contributed by atoms with E-state index >= 15 is 0 Å². The van der Waals surface area contributed by atoms with E-state index in [1.807, 2.05) is 26.0 Å². The number of allylic oxidation sites excluding steroid dienone is 1. The number of nitrogens with zero attached hydrogens (tertiary/aromatic N) is 1. The van der Waals surface area contributed by atoms with Crippen LogP contribution in [-0.2, 0) is 13.1 Å². The maximum atomic E-state index is 10.3. The van der Waals surface area contributed by atoms with Gasteiger partial charge in [0.05, 0.1) is 5.69 Å². The highest BCUT2D eigenvalue weighted by atomic mass is 35.5. The van der Waals surface area contributed by atoms with E-state index in [2.05, 4.69) is 72.5 Å². The molecule has 0 bridgehead atoms. The topological polar surface area (TPSA) is 49.2 Å². The number of piperidine rings is 1. The molecule has 3 aromatic rings. The SMILES string of the molecule is C=C(C)NCc1ccc(C)c(C)c1.C=c1/c(=C\C)cc(-c2ccc(Cl)cc2O)n1C[C@@H]1CCCNC1.